The van der Waals surface area contributed by atoms with Crippen molar-refractivity contribution in [1.82, 2.24) is 25.3 Å². The SMILES string of the molecule is Cc1noc([C@]23CN(C(=O)NCc4ccc(F)cc4)C[C@H]2CN(C(=O)c2ccccc2)C3)n1. The van der Waals surface area contributed by atoms with E-state index in [0.717, 1.165) is 5.56 Å². The molecule has 0 radical (unpaired) electrons. The van der Waals surface area contributed by atoms with Crippen LogP contribution in [0.2, 0.25) is 0 Å². The van der Waals surface area contributed by atoms with Crippen LogP contribution in [0.5, 0.6) is 0 Å². The van der Waals surface area contributed by atoms with Gasteiger partial charge in [0.25, 0.3) is 5.91 Å². The van der Waals surface area contributed by atoms with Crippen LogP contribution < -0.4 is 5.32 Å². The zero-order valence-electron chi connectivity index (χ0n) is 18.2. The average Bonchev–Trinajstić information content (AvgIpc) is 3.51. The molecule has 2 aliphatic rings. The third-order valence-electron chi connectivity index (χ3n) is 6.51. The van der Waals surface area contributed by atoms with Gasteiger partial charge in [-0.25, -0.2) is 9.18 Å². The molecule has 2 aromatic carbocycles. The number of aromatic nitrogens is 2. The first-order valence-corrected chi connectivity index (χ1v) is 10.9. The number of benzene rings is 2. The van der Waals surface area contributed by atoms with E-state index in [2.05, 4.69) is 15.5 Å². The number of carbonyl (C=O) groups is 2. The van der Waals surface area contributed by atoms with Crippen LogP contribution in [0.1, 0.15) is 27.6 Å². The number of halogens is 1. The van der Waals surface area contributed by atoms with E-state index < -0.39 is 5.41 Å². The molecule has 2 aliphatic heterocycles. The van der Waals surface area contributed by atoms with Crippen LogP contribution >= 0.6 is 0 Å². The first-order chi connectivity index (χ1) is 15.9. The highest BCUT2D eigenvalue weighted by atomic mass is 19.1. The first-order valence-electron chi connectivity index (χ1n) is 10.9. The van der Waals surface area contributed by atoms with Gasteiger partial charge in [0.05, 0.1) is 5.41 Å². The van der Waals surface area contributed by atoms with Crippen molar-refractivity contribution in [2.24, 2.45) is 5.92 Å². The smallest absolute Gasteiger partial charge is 0.317 e. The van der Waals surface area contributed by atoms with Crippen molar-refractivity contribution < 1.29 is 18.5 Å². The van der Waals surface area contributed by atoms with Gasteiger partial charge in [-0.2, -0.15) is 4.98 Å². The van der Waals surface area contributed by atoms with E-state index in [0.29, 0.717) is 50.0 Å². The summed E-state index contributed by atoms with van der Waals surface area (Å²) >= 11 is 0. The Kier molecular flexibility index (Phi) is 5.32. The Morgan fingerprint density at radius 2 is 1.79 bits per heavy atom. The molecule has 170 valence electrons. The summed E-state index contributed by atoms with van der Waals surface area (Å²) in [7, 11) is 0. The minimum absolute atomic E-state index is 0.0263. The molecule has 33 heavy (non-hydrogen) atoms. The topological polar surface area (TPSA) is 91.6 Å². The highest BCUT2D eigenvalue weighted by molar-refractivity contribution is 5.94. The number of carbonyl (C=O) groups excluding carboxylic acids is 2. The van der Waals surface area contributed by atoms with Gasteiger partial charge in [-0.15, -0.1) is 0 Å². The summed E-state index contributed by atoms with van der Waals surface area (Å²) in [6, 6.07) is 15.0. The molecule has 0 unspecified atom stereocenters. The van der Waals surface area contributed by atoms with Gasteiger partial charge in [-0.1, -0.05) is 35.5 Å². The quantitative estimate of drug-likeness (QED) is 0.661. The summed E-state index contributed by atoms with van der Waals surface area (Å²) in [6.07, 6.45) is 0. The second-order valence-corrected chi connectivity index (χ2v) is 8.72. The number of hydrogen-bond donors (Lipinski definition) is 1. The number of fused-ring (bicyclic) bond motifs is 1. The molecule has 2 fully saturated rings. The van der Waals surface area contributed by atoms with Crippen molar-refractivity contribution in [3.05, 3.63) is 83.3 Å². The number of nitrogens with zero attached hydrogens (tertiary/aromatic N) is 4. The van der Waals surface area contributed by atoms with Crippen LogP contribution in [0.25, 0.3) is 0 Å². The summed E-state index contributed by atoms with van der Waals surface area (Å²) in [5.41, 5.74) is 0.827. The van der Waals surface area contributed by atoms with E-state index in [9.17, 15) is 14.0 Å². The molecule has 5 rings (SSSR count). The molecule has 3 heterocycles. The summed E-state index contributed by atoms with van der Waals surface area (Å²) in [5, 5.41) is 6.86. The first kappa shape index (κ1) is 21.1. The van der Waals surface area contributed by atoms with Gasteiger partial charge >= 0.3 is 6.03 Å². The maximum atomic E-state index is 13.1. The number of nitrogens with one attached hydrogen (secondary N) is 1. The third-order valence-corrected chi connectivity index (χ3v) is 6.51. The van der Waals surface area contributed by atoms with Gasteiger partial charge in [0.2, 0.25) is 5.89 Å². The molecule has 2 atom stereocenters. The fourth-order valence-corrected chi connectivity index (χ4v) is 4.83. The summed E-state index contributed by atoms with van der Waals surface area (Å²) < 4.78 is 18.7. The number of urea groups is 1. The van der Waals surface area contributed by atoms with E-state index >= 15 is 0 Å². The van der Waals surface area contributed by atoms with E-state index in [4.69, 9.17) is 4.52 Å². The largest absolute Gasteiger partial charge is 0.339 e. The van der Waals surface area contributed by atoms with Crippen LogP contribution in [-0.4, -0.2) is 58.1 Å². The van der Waals surface area contributed by atoms with Gasteiger partial charge < -0.3 is 19.6 Å². The van der Waals surface area contributed by atoms with Crippen molar-refractivity contribution in [1.29, 1.82) is 0 Å². The zero-order chi connectivity index (χ0) is 23.0. The van der Waals surface area contributed by atoms with E-state index in [1.165, 1.54) is 12.1 Å². The predicted octanol–water partition coefficient (Wildman–Crippen LogP) is 2.75. The van der Waals surface area contributed by atoms with Gasteiger partial charge in [-0.05, 0) is 36.8 Å². The Bertz CT molecular complexity index is 1170. The molecule has 1 N–H and O–H groups in total. The Labute approximate surface area is 190 Å². The lowest BCUT2D eigenvalue weighted by Crippen LogP contribution is -2.44. The van der Waals surface area contributed by atoms with E-state index in [-0.39, 0.29) is 23.7 Å². The standard InChI is InChI=1S/C24H24FN5O3/c1-16-27-22(33-28-16)24-14-29(21(31)18-5-3-2-4-6-18)12-19(24)13-30(15-24)23(32)26-11-17-7-9-20(25)10-8-17/h2-10,19H,11-15H2,1H3,(H,26,32)/t19-,24-/m1/s1. The minimum atomic E-state index is -0.612. The predicted molar refractivity (Wildman–Crippen MR) is 117 cm³/mol. The molecule has 3 aromatic rings. The Balaban J connectivity index is 1.33. The van der Waals surface area contributed by atoms with Crippen molar-refractivity contribution in [3.63, 3.8) is 0 Å². The maximum Gasteiger partial charge on any atom is 0.317 e. The molecule has 1 aromatic heterocycles. The summed E-state index contributed by atoms with van der Waals surface area (Å²) in [4.78, 5) is 34.0. The van der Waals surface area contributed by atoms with Crippen LogP contribution in [0.4, 0.5) is 9.18 Å². The maximum absolute atomic E-state index is 13.1. The fourth-order valence-electron chi connectivity index (χ4n) is 4.83. The number of aryl methyl sites for hydroxylation is 1. The molecule has 0 bridgehead atoms. The molecular formula is C24H24FN5O3. The molecule has 2 saturated heterocycles. The Hall–Kier alpha value is -3.75. The fraction of sp³-hybridized carbons (Fsp3) is 0.333. The lowest BCUT2D eigenvalue weighted by Gasteiger charge is -2.26. The number of amides is 3. The van der Waals surface area contributed by atoms with Crippen molar-refractivity contribution in [3.8, 4) is 0 Å². The Morgan fingerprint density at radius 3 is 2.48 bits per heavy atom. The lowest BCUT2D eigenvalue weighted by atomic mass is 9.81. The second-order valence-electron chi connectivity index (χ2n) is 8.72. The van der Waals surface area contributed by atoms with Crippen LogP contribution in [0.15, 0.2) is 59.1 Å². The highest BCUT2D eigenvalue weighted by Crippen LogP contribution is 2.44. The van der Waals surface area contributed by atoms with Crippen LogP contribution in [-0.2, 0) is 12.0 Å². The van der Waals surface area contributed by atoms with Crippen molar-refractivity contribution in [2.75, 3.05) is 26.2 Å². The highest BCUT2D eigenvalue weighted by Gasteiger charge is 2.58. The summed E-state index contributed by atoms with van der Waals surface area (Å²) in [5.74, 6) is 0.589. The van der Waals surface area contributed by atoms with E-state index in [1.807, 2.05) is 23.1 Å². The molecule has 0 saturated carbocycles. The molecular weight excluding hydrogens is 425 g/mol. The number of rotatable bonds is 4. The van der Waals surface area contributed by atoms with Crippen LogP contribution in [0.3, 0.4) is 0 Å². The molecule has 8 nitrogen and oxygen atoms in total. The molecule has 3 amide bonds. The van der Waals surface area contributed by atoms with E-state index in [1.54, 1.807) is 36.1 Å². The molecule has 9 heteroatoms. The molecule has 0 aliphatic carbocycles. The monoisotopic (exact) mass is 449 g/mol. The van der Waals surface area contributed by atoms with Gasteiger partial charge in [0.15, 0.2) is 5.82 Å². The molecule has 0 spiro atoms. The number of likely N-dealkylation sites (tertiary alicyclic amines) is 2. The second kappa shape index (κ2) is 8.31. The normalized spacial score (nSPS) is 21.8. The Morgan fingerprint density at radius 1 is 1.09 bits per heavy atom. The minimum Gasteiger partial charge on any atom is -0.339 e. The lowest BCUT2D eigenvalue weighted by molar-refractivity contribution is 0.0770. The third kappa shape index (κ3) is 3.94. The summed E-state index contributed by atoms with van der Waals surface area (Å²) in [6.45, 7) is 3.78. The zero-order valence-corrected chi connectivity index (χ0v) is 18.2. The average molecular weight is 449 g/mol. The van der Waals surface area contributed by atoms with Gasteiger partial charge in [0, 0.05) is 44.2 Å². The van der Waals surface area contributed by atoms with Gasteiger partial charge in [-0.3, -0.25) is 4.79 Å². The van der Waals surface area contributed by atoms with Crippen molar-refractivity contribution in [2.45, 2.75) is 18.9 Å². The van der Waals surface area contributed by atoms with Crippen LogP contribution in [0, 0.1) is 18.7 Å². The van der Waals surface area contributed by atoms with Gasteiger partial charge in [0.1, 0.15) is 5.82 Å². The number of hydrogen-bond acceptors (Lipinski definition) is 5. The van der Waals surface area contributed by atoms with Crippen molar-refractivity contribution >= 4 is 11.9 Å².